The fourth-order valence-corrected chi connectivity index (χ4v) is 3.75. The molecule has 192 valence electrons. The molecule has 0 radical (unpaired) electrons. The Hall–Kier alpha value is -4.60. The van der Waals surface area contributed by atoms with Crippen molar-refractivity contribution in [2.75, 3.05) is 17.7 Å². The van der Waals surface area contributed by atoms with Crippen LogP contribution in [0.3, 0.4) is 0 Å². The van der Waals surface area contributed by atoms with Gasteiger partial charge in [-0.2, -0.15) is 5.10 Å². The zero-order valence-corrected chi connectivity index (χ0v) is 21.4. The van der Waals surface area contributed by atoms with E-state index in [9.17, 15) is 9.59 Å². The maximum absolute atomic E-state index is 12.5. The van der Waals surface area contributed by atoms with Crippen LogP contribution < -0.4 is 25.8 Å². The lowest BCUT2D eigenvalue weighted by Crippen LogP contribution is -2.19. The summed E-state index contributed by atoms with van der Waals surface area (Å²) in [6.45, 7) is 8.14. The highest BCUT2D eigenvalue weighted by Crippen LogP contribution is 2.31. The first-order valence-electron chi connectivity index (χ1n) is 11.8. The van der Waals surface area contributed by atoms with Crippen LogP contribution in [0.15, 0.2) is 48.5 Å². The van der Waals surface area contributed by atoms with Gasteiger partial charge in [0.05, 0.1) is 23.9 Å². The van der Waals surface area contributed by atoms with E-state index < -0.39 is 5.91 Å². The van der Waals surface area contributed by atoms with E-state index in [1.807, 2.05) is 39.8 Å². The summed E-state index contributed by atoms with van der Waals surface area (Å²) in [6, 6.07) is 13.6. The van der Waals surface area contributed by atoms with E-state index >= 15 is 0 Å². The van der Waals surface area contributed by atoms with Crippen LogP contribution in [-0.2, 0) is 11.8 Å². The molecule has 0 atom stereocenters. The van der Waals surface area contributed by atoms with E-state index in [-0.39, 0.29) is 17.0 Å². The number of ether oxygens (including phenoxy) is 2. The summed E-state index contributed by atoms with van der Waals surface area (Å²) < 4.78 is 11.3. The van der Waals surface area contributed by atoms with E-state index in [0.717, 1.165) is 16.6 Å². The summed E-state index contributed by atoms with van der Waals surface area (Å²) in [5, 5.41) is 13.4. The Bertz CT molecular complexity index is 1470. The molecule has 4 rings (SSSR count). The third-order valence-electron chi connectivity index (χ3n) is 5.76. The second-order valence-electron chi connectivity index (χ2n) is 9.53. The molecule has 37 heavy (non-hydrogen) atoms. The van der Waals surface area contributed by atoms with Gasteiger partial charge in [0.25, 0.3) is 5.91 Å². The Morgan fingerprint density at radius 3 is 2.46 bits per heavy atom. The molecule has 2 aromatic carbocycles. The van der Waals surface area contributed by atoms with Crippen molar-refractivity contribution in [2.24, 2.45) is 5.73 Å². The smallest absolute Gasteiger partial charge is 0.324 e. The summed E-state index contributed by atoms with van der Waals surface area (Å²) in [7, 11) is 1.47. The fourth-order valence-electron chi connectivity index (χ4n) is 3.75. The Morgan fingerprint density at radius 2 is 1.81 bits per heavy atom. The van der Waals surface area contributed by atoms with Gasteiger partial charge in [-0.3, -0.25) is 15.2 Å². The molecule has 0 bridgehead atoms. The van der Waals surface area contributed by atoms with Gasteiger partial charge in [-0.1, -0.05) is 27.7 Å². The Morgan fingerprint density at radius 1 is 1.03 bits per heavy atom. The highest BCUT2D eigenvalue weighted by molar-refractivity contribution is 6.00. The third kappa shape index (κ3) is 5.80. The number of hydrogen-bond donors (Lipinski definition) is 4. The normalized spacial score (nSPS) is 11.3. The number of amides is 3. The van der Waals surface area contributed by atoms with E-state index in [2.05, 4.69) is 25.8 Å². The molecular weight excluding hydrogens is 472 g/mol. The number of H-pyrrole nitrogens is 1. The van der Waals surface area contributed by atoms with E-state index in [4.69, 9.17) is 15.2 Å². The van der Waals surface area contributed by atoms with Crippen molar-refractivity contribution in [2.45, 2.75) is 39.5 Å². The number of pyridine rings is 1. The number of primary amides is 1. The van der Waals surface area contributed by atoms with Gasteiger partial charge in [0.15, 0.2) is 0 Å². The van der Waals surface area contributed by atoms with Gasteiger partial charge in [-0.15, -0.1) is 0 Å². The number of urea groups is 1. The van der Waals surface area contributed by atoms with E-state index in [1.165, 1.54) is 7.11 Å². The number of nitrogens with two attached hydrogens (primary N) is 1. The predicted octanol–water partition coefficient (Wildman–Crippen LogP) is 5.36. The van der Waals surface area contributed by atoms with Crippen molar-refractivity contribution in [3.05, 3.63) is 65.4 Å². The van der Waals surface area contributed by atoms with E-state index in [1.54, 1.807) is 36.4 Å². The Labute approximate surface area is 214 Å². The van der Waals surface area contributed by atoms with Gasteiger partial charge >= 0.3 is 6.03 Å². The summed E-state index contributed by atoms with van der Waals surface area (Å²) >= 11 is 0. The molecule has 0 unspecified atom stereocenters. The molecule has 10 nitrogen and oxygen atoms in total. The number of hydrogen-bond acceptors (Lipinski definition) is 6. The number of nitrogens with one attached hydrogen (secondary N) is 3. The Kier molecular flexibility index (Phi) is 7.01. The van der Waals surface area contributed by atoms with Crippen molar-refractivity contribution in [3.63, 3.8) is 0 Å². The highest BCUT2D eigenvalue weighted by atomic mass is 16.5. The number of carbonyl (C=O) groups excluding carboxylic acids is 2. The van der Waals surface area contributed by atoms with Gasteiger partial charge in [-0.05, 0) is 42.3 Å². The lowest BCUT2D eigenvalue weighted by atomic mass is 9.92. The summed E-state index contributed by atoms with van der Waals surface area (Å²) in [5.74, 6) is 1.28. The number of methoxy groups -OCH3 is 1. The van der Waals surface area contributed by atoms with Crippen LogP contribution in [0.2, 0.25) is 0 Å². The molecule has 0 spiro atoms. The molecule has 5 N–H and O–H groups in total. The van der Waals surface area contributed by atoms with Crippen molar-refractivity contribution >= 4 is 34.3 Å². The summed E-state index contributed by atoms with van der Waals surface area (Å²) in [6.07, 6.45) is 0.672. The zero-order chi connectivity index (χ0) is 26.7. The van der Waals surface area contributed by atoms with Crippen molar-refractivity contribution < 1.29 is 19.1 Å². The largest absolute Gasteiger partial charge is 0.496 e. The van der Waals surface area contributed by atoms with Gasteiger partial charge < -0.3 is 20.5 Å². The van der Waals surface area contributed by atoms with Gasteiger partial charge in [-0.25, -0.2) is 9.78 Å². The summed E-state index contributed by atoms with van der Waals surface area (Å²) in [5.41, 5.74) is 8.56. The molecule has 0 aliphatic carbocycles. The standard InChI is InChI=1S/C27H30N6O4/c1-6-15-11-17(29-26(35)31-23-14-22(32-33-23)27(2,3)4)8-9-20(15)37-24-10-7-16-12-18(25(28)34)21(36-5)13-19(16)30-24/h7-14H,6H2,1-5H3,(H2,28,34)(H3,29,31,32,33,35). The SMILES string of the molecule is CCc1cc(NC(=O)Nc2cc(C(C)(C)C)n[nH]2)ccc1Oc1ccc2cc(C(N)=O)c(OC)cc2n1. The third-order valence-corrected chi connectivity index (χ3v) is 5.76. The quantitative estimate of drug-likeness (QED) is 0.268. The molecule has 0 saturated heterocycles. The van der Waals surface area contributed by atoms with Crippen molar-refractivity contribution in [3.8, 4) is 17.4 Å². The monoisotopic (exact) mass is 502 g/mol. The number of aromatic nitrogens is 3. The van der Waals surface area contributed by atoms with Gasteiger partial charge in [0.2, 0.25) is 5.88 Å². The van der Waals surface area contributed by atoms with Gasteiger partial charge in [0.1, 0.15) is 17.3 Å². The molecule has 4 aromatic rings. The first-order chi connectivity index (χ1) is 17.6. The summed E-state index contributed by atoms with van der Waals surface area (Å²) in [4.78, 5) is 28.7. The maximum Gasteiger partial charge on any atom is 0.324 e. The fraction of sp³-hybridized carbons (Fsp3) is 0.259. The van der Waals surface area contributed by atoms with Gasteiger partial charge in [0, 0.05) is 34.7 Å². The lowest BCUT2D eigenvalue weighted by Gasteiger charge is -2.14. The molecule has 2 aromatic heterocycles. The highest BCUT2D eigenvalue weighted by Gasteiger charge is 2.18. The zero-order valence-electron chi connectivity index (χ0n) is 21.4. The molecule has 3 amide bonds. The predicted molar refractivity (Wildman–Crippen MR) is 143 cm³/mol. The molecule has 0 aliphatic rings. The molecule has 0 saturated carbocycles. The second kappa shape index (κ2) is 10.2. The molecule has 2 heterocycles. The number of nitrogens with zero attached hydrogens (tertiary/aromatic N) is 2. The van der Waals surface area contributed by atoms with Crippen molar-refractivity contribution in [1.82, 2.24) is 15.2 Å². The van der Waals surface area contributed by atoms with Crippen LogP contribution in [0.1, 0.15) is 49.3 Å². The average Bonchev–Trinajstić information content (AvgIpc) is 3.33. The van der Waals surface area contributed by atoms with Crippen LogP contribution in [0, 0.1) is 0 Å². The van der Waals surface area contributed by atoms with Crippen LogP contribution >= 0.6 is 0 Å². The van der Waals surface area contributed by atoms with E-state index in [0.29, 0.717) is 40.8 Å². The number of carbonyl (C=O) groups is 2. The minimum absolute atomic E-state index is 0.128. The molecule has 0 fully saturated rings. The van der Waals surface area contributed by atoms with Crippen molar-refractivity contribution in [1.29, 1.82) is 0 Å². The number of aryl methyl sites for hydroxylation is 1. The number of anilines is 2. The topological polar surface area (TPSA) is 144 Å². The average molecular weight is 503 g/mol. The van der Waals surface area contributed by atoms with Crippen LogP contribution in [0.4, 0.5) is 16.3 Å². The minimum atomic E-state index is -0.576. The molecular formula is C27H30N6O4. The minimum Gasteiger partial charge on any atom is -0.496 e. The van der Waals surface area contributed by atoms with Crippen LogP contribution in [-0.4, -0.2) is 34.2 Å². The maximum atomic E-state index is 12.5. The van der Waals surface area contributed by atoms with Crippen LogP contribution in [0.25, 0.3) is 10.9 Å². The lowest BCUT2D eigenvalue weighted by molar-refractivity contribution is 0.0997. The first kappa shape index (κ1) is 25.5. The molecule has 10 heteroatoms. The number of aromatic amines is 1. The first-order valence-corrected chi connectivity index (χ1v) is 11.8. The number of benzene rings is 2. The number of fused-ring (bicyclic) bond motifs is 1. The second-order valence-corrected chi connectivity index (χ2v) is 9.53. The Balaban J connectivity index is 1.49. The molecule has 0 aliphatic heterocycles. The van der Waals surface area contributed by atoms with Crippen LogP contribution in [0.5, 0.6) is 17.4 Å². The number of rotatable bonds is 7.